The second-order valence-corrected chi connectivity index (χ2v) is 4.67. The summed E-state index contributed by atoms with van der Waals surface area (Å²) in [5, 5.41) is 4.22. The van der Waals surface area contributed by atoms with Gasteiger partial charge in [0.1, 0.15) is 0 Å². The van der Waals surface area contributed by atoms with Gasteiger partial charge in [0.05, 0.1) is 17.8 Å². The van der Waals surface area contributed by atoms with Gasteiger partial charge in [-0.05, 0) is 18.6 Å². The summed E-state index contributed by atoms with van der Waals surface area (Å²) in [6.45, 7) is 1.85. The van der Waals surface area contributed by atoms with Crippen molar-refractivity contribution in [2.45, 2.75) is 12.5 Å². The molecular formula is C13H15N5O. The second kappa shape index (κ2) is 4.72. The van der Waals surface area contributed by atoms with E-state index < -0.39 is 5.91 Å². The van der Waals surface area contributed by atoms with Gasteiger partial charge in [-0.15, -0.1) is 0 Å². The second-order valence-electron chi connectivity index (χ2n) is 4.67. The number of carbonyl (C=O) groups is 1. The Balaban J connectivity index is 1.73. The molecule has 98 valence electrons. The molecular weight excluding hydrogens is 242 g/mol. The zero-order valence-electron chi connectivity index (χ0n) is 10.4. The fourth-order valence-corrected chi connectivity index (χ4v) is 2.41. The molecule has 1 aliphatic rings. The first kappa shape index (κ1) is 11.7. The first-order valence-corrected chi connectivity index (χ1v) is 6.23. The highest BCUT2D eigenvalue weighted by Gasteiger charge is 2.25. The van der Waals surface area contributed by atoms with Gasteiger partial charge in [-0.1, -0.05) is 0 Å². The number of hydrogen-bond acceptors (Lipinski definition) is 4. The molecule has 2 N–H and O–H groups in total. The molecule has 1 fully saturated rings. The van der Waals surface area contributed by atoms with Gasteiger partial charge in [0, 0.05) is 37.4 Å². The van der Waals surface area contributed by atoms with Gasteiger partial charge in [0.25, 0.3) is 5.91 Å². The van der Waals surface area contributed by atoms with Crippen LogP contribution in [0.3, 0.4) is 0 Å². The van der Waals surface area contributed by atoms with Crippen LogP contribution < -0.4 is 10.6 Å². The van der Waals surface area contributed by atoms with Crippen molar-refractivity contribution >= 4 is 11.6 Å². The third kappa shape index (κ3) is 2.29. The van der Waals surface area contributed by atoms with Crippen LogP contribution in [0.2, 0.25) is 0 Å². The lowest BCUT2D eigenvalue weighted by atomic mass is 10.2. The van der Waals surface area contributed by atoms with Crippen molar-refractivity contribution in [3.63, 3.8) is 0 Å². The smallest absolute Gasteiger partial charge is 0.251 e. The van der Waals surface area contributed by atoms with Crippen LogP contribution >= 0.6 is 0 Å². The van der Waals surface area contributed by atoms with Gasteiger partial charge < -0.3 is 10.6 Å². The largest absolute Gasteiger partial charge is 0.369 e. The molecule has 1 aliphatic heterocycles. The van der Waals surface area contributed by atoms with E-state index in [1.54, 1.807) is 18.6 Å². The van der Waals surface area contributed by atoms with Gasteiger partial charge in [0.2, 0.25) is 0 Å². The van der Waals surface area contributed by atoms with Crippen molar-refractivity contribution in [1.29, 1.82) is 0 Å². The zero-order chi connectivity index (χ0) is 13.2. The molecule has 1 atom stereocenters. The summed E-state index contributed by atoms with van der Waals surface area (Å²) in [4.78, 5) is 17.4. The van der Waals surface area contributed by atoms with Crippen molar-refractivity contribution in [3.05, 3.63) is 42.5 Å². The summed E-state index contributed by atoms with van der Waals surface area (Å²) in [6, 6.07) is 4.28. The number of carbonyl (C=O) groups excluding carboxylic acids is 1. The Bertz CT molecular complexity index is 580. The lowest BCUT2D eigenvalue weighted by molar-refractivity contribution is 0.1000. The topological polar surface area (TPSA) is 77.0 Å². The number of rotatable bonds is 3. The highest BCUT2D eigenvalue weighted by molar-refractivity contribution is 5.92. The van der Waals surface area contributed by atoms with Gasteiger partial charge in [-0.3, -0.25) is 14.5 Å². The summed E-state index contributed by atoms with van der Waals surface area (Å²) in [7, 11) is 0. The molecule has 1 saturated heterocycles. The van der Waals surface area contributed by atoms with Gasteiger partial charge in [-0.2, -0.15) is 5.10 Å². The average Bonchev–Trinajstić information content (AvgIpc) is 3.09. The van der Waals surface area contributed by atoms with Crippen molar-refractivity contribution in [1.82, 2.24) is 14.8 Å². The lowest BCUT2D eigenvalue weighted by Gasteiger charge is -2.18. The normalized spacial score (nSPS) is 18.7. The molecule has 0 saturated carbocycles. The molecule has 0 aliphatic carbocycles. The van der Waals surface area contributed by atoms with E-state index in [2.05, 4.69) is 15.0 Å². The van der Waals surface area contributed by atoms with Crippen LogP contribution in [0.1, 0.15) is 22.8 Å². The maximum absolute atomic E-state index is 11.1. The number of anilines is 1. The van der Waals surface area contributed by atoms with E-state index >= 15 is 0 Å². The minimum Gasteiger partial charge on any atom is -0.369 e. The molecule has 2 aromatic rings. The van der Waals surface area contributed by atoms with Gasteiger partial charge in [-0.25, -0.2) is 0 Å². The Morgan fingerprint density at radius 1 is 1.37 bits per heavy atom. The Labute approximate surface area is 110 Å². The Morgan fingerprint density at radius 2 is 2.16 bits per heavy atom. The lowest BCUT2D eigenvalue weighted by Crippen LogP contribution is -2.21. The summed E-state index contributed by atoms with van der Waals surface area (Å²) in [5.41, 5.74) is 6.86. The molecule has 0 radical (unpaired) electrons. The number of nitrogens with zero attached hydrogens (tertiary/aromatic N) is 4. The van der Waals surface area contributed by atoms with Crippen LogP contribution in [-0.2, 0) is 0 Å². The summed E-state index contributed by atoms with van der Waals surface area (Å²) < 4.78 is 1.83. The molecule has 6 heteroatoms. The predicted octanol–water partition coefficient (Wildman–Crippen LogP) is 0.828. The molecule has 1 unspecified atom stereocenters. The minimum atomic E-state index is -0.435. The molecule has 2 aromatic heterocycles. The van der Waals surface area contributed by atoms with Crippen molar-refractivity contribution in [3.8, 4) is 0 Å². The molecule has 0 spiro atoms. The minimum absolute atomic E-state index is 0.279. The molecule has 0 aromatic carbocycles. The first-order valence-electron chi connectivity index (χ1n) is 6.23. The highest BCUT2D eigenvalue weighted by atomic mass is 16.1. The number of aromatic nitrogens is 3. The summed E-state index contributed by atoms with van der Waals surface area (Å²) in [6.07, 6.45) is 7.84. The van der Waals surface area contributed by atoms with E-state index in [1.165, 1.54) is 11.9 Å². The third-order valence-corrected chi connectivity index (χ3v) is 3.45. The van der Waals surface area contributed by atoms with Crippen LogP contribution in [0.15, 0.2) is 36.9 Å². The van der Waals surface area contributed by atoms with E-state index in [0.717, 1.165) is 19.5 Å². The van der Waals surface area contributed by atoms with E-state index in [4.69, 9.17) is 5.73 Å². The van der Waals surface area contributed by atoms with Crippen molar-refractivity contribution in [2.24, 2.45) is 5.73 Å². The van der Waals surface area contributed by atoms with Crippen molar-refractivity contribution < 1.29 is 4.79 Å². The number of hydrogen-bond donors (Lipinski definition) is 1. The average molecular weight is 257 g/mol. The van der Waals surface area contributed by atoms with E-state index in [-0.39, 0.29) is 6.04 Å². The van der Waals surface area contributed by atoms with Crippen molar-refractivity contribution in [2.75, 3.05) is 18.0 Å². The molecule has 1 amide bonds. The quantitative estimate of drug-likeness (QED) is 0.883. The fraction of sp³-hybridized carbons (Fsp3) is 0.308. The highest BCUT2D eigenvalue weighted by Crippen LogP contribution is 2.26. The number of amides is 1. The fourth-order valence-electron chi connectivity index (χ4n) is 2.41. The maximum Gasteiger partial charge on any atom is 0.251 e. The predicted molar refractivity (Wildman–Crippen MR) is 70.8 cm³/mol. The summed E-state index contributed by atoms with van der Waals surface area (Å²) in [5.74, 6) is -0.435. The first-order chi connectivity index (χ1) is 9.24. The summed E-state index contributed by atoms with van der Waals surface area (Å²) >= 11 is 0. The van der Waals surface area contributed by atoms with Crippen LogP contribution in [0, 0.1) is 0 Å². The van der Waals surface area contributed by atoms with Crippen LogP contribution in [0.4, 0.5) is 5.69 Å². The number of pyridine rings is 1. The zero-order valence-corrected chi connectivity index (χ0v) is 10.4. The molecule has 19 heavy (non-hydrogen) atoms. The Morgan fingerprint density at radius 3 is 2.84 bits per heavy atom. The van der Waals surface area contributed by atoms with Crippen LogP contribution in [-0.4, -0.2) is 33.8 Å². The van der Waals surface area contributed by atoms with E-state index in [1.807, 2.05) is 16.8 Å². The van der Waals surface area contributed by atoms with Crippen LogP contribution in [0.5, 0.6) is 0 Å². The van der Waals surface area contributed by atoms with E-state index in [0.29, 0.717) is 5.56 Å². The van der Waals surface area contributed by atoms with Crippen LogP contribution in [0.25, 0.3) is 0 Å². The molecule has 6 nitrogen and oxygen atoms in total. The van der Waals surface area contributed by atoms with E-state index in [9.17, 15) is 4.79 Å². The maximum atomic E-state index is 11.1. The SMILES string of the molecule is NC(=O)c1cnn(C2CCN(c3ccncc3)C2)c1. The third-order valence-electron chi connectivity index (χ3n) is 3.45. The van der Waals surface area contributed by atoms with Gasteiger partial charge >= 0.3 is 0 Å². The standard InChI is InChI=1S/C13H15N5O/c14-13(19)10-7-16-18(8-10)12-3-6-17(9-12)11-1-4-15-5-2-11/h1-2,4-5,7-8,12H,3,6,9H2,(H2,14,19). The molecule has 3 rings (SSSR count). The van der Waals surface area contributed by atoms with Gasteiger partial charge in [0.15, 0.2) is 0 Å². The monoisotopic (exact) mass is 257 g/mol. The number of primary amides is 1. The Hall–Kier alpha value is -2.37. The Kier molecular flexibility index (Phi) is 2.91. The molecule has 0 bridgehead atoms. The number of nitrogens with two attached hydrogens (primary N) is 1. The molecule has 3 heterocycles.